The summed E-state index contributed by atoms with van der Waals surface area (Å²) in [6.45, 7) is 1.57. The minimum absolute atomic E-state index is 0.0466. The quantitative estimate of drug-likeness (QED) is 0.284. The van der Waals surface area contributed by atoms with Gasteiger partial charge in [0.2, 0.25) is 5.75 Å². The Morgan fingerprint density at radius 2 is 1.61 bits per heavy atom. The van der Waals surface area contributed by atoms with E-state index in [9.17, 15) is 5.11 Å². The molecule has 8 heteroatoms. The molecule has 1 atom stereocenters. The smallest absolute Gasteiger partial charge is 0.204 e. The first-order chi connectivity index (χ1) is 21.4. The van der Waals surface area contributed by atoms with Crippen molar-refractivity contribution in [1.29, 1.82) is 0 Å². The molecule has 44 heavy (non-hydrogen) atoms. The molecule has 0 radical (unpaired) electrons. The van der Waals surface area contributed by atoms with Gasteiger partial charge in [-0.05, 0) is 91.0 Å². The number of likely N-dealkylation sites (N-methyl/N-ethyl adjacent to an activating group) is 1. The second-order valence-corrected chi connectivity index (χ2v) is 11.5. The minimum Gasteiger partial charge on any atom is -0.504 e. The predicted molar refractivity (Wildman–Crippen MR) is 169 cm³/mol. The van der Waals surface area contributed by atoms with Gasteiger partial charge in [-0.2, -0.15) is 0 Å². The number of methoxy groups -OCH3 is 3. The zero-order valence-corrected chi connectivity index (χ0v) is 25.5. The van der Waals surface area contributed by atoms with Crippen molar-refractivity contribution in [2.24, 2.45) is 4.99 Å². The van der Waals surface area contributed by atoms with Gasteiger partial charge in [0.05, 0.1) is 21.3 Å². The standard InChI is InChI=1S/C36H36N2O6/c1-38-14-12-24-19-33(41-3)35(42-4)36-34(24)28(38)16-22-7-10-29(39)30(17-22)43-25-8-5-21(6-9-25)15-27-26-20-31(40-2)32(44-36)18-23(26)11-13-37-27/h5-10,17-20,28,39H,11-16H2,1-4H3. The number of nitrogens with zero attached hydrogens (tertiary/aromatic N) is 2. The van der Waals surface area contributed by atoms with Crippen LogP contribution in [0.5, 0.6) is 46.0 Å². The Bertz CT molecular complexity index is 1760. The molecule has 1 unspecified atom stereocenters. The van der Waals surface area contributed by atoms with Crippen LogP contribution in [0.1, 0.15) is 39.4 Å². The van der Waals surface area contributed by atoms with Crippen molar-refractivity contribution in [2.75, 3.05) is 41.5 Å². The molecule has 6 aliphatic heterocycles. The minimum atomic E-state index is -0.0466. The van der Waals surface area contributed by atoms with E-state index in [1.165, 1.54) is 5.56 Å². The molecule has 6 heterocycles. The molecule has 226 valence electrons. The lowest BCUT2D eigenvalue weighted by Gasteiger charge is -2.37. The number of benzene rings is 4. The lowest BCUT2D eigenvalue weighted by atomic mass is 9.87. The van der Waals surface area contributed by atoms with E-state index in [1.54, 1.807) is 27.4 Å². The summed E-state index contributed by atoms with van der Waals surface area (Å²) in [4.78, 5) is 7.24. The first-order valence-electron chi connectivity index (χ1n) is 14.9. The highest BCUT2D eigenvalue weighted by atomic mass is 16.5. The van der Waals surface area contributed by atoms with Crippen LogP contribution in [-0.2, 0) is 25.7 Å². The molecular formula is C36H36N2O6. The van der Waals surface area contributed by atoms with Crippen molar-refractivity contribution >= 4 is 5.71 Å². The Balaban J connectivity index is 1.46. The van der Waals surface area contributed by atoms with Gasteiger partial charge in [-0.15, -0.1) is 0 Å². The Morgan fingerprint density at radius 3 is 2.39 bits per heavy atom. The molecule has 1 N–H and O–H groups in total. The van der Waals surface area contributed by atoms with Crippen molar-refractivity contribution < 1.29 is 28.8 Å². The summed E-state index contributed by atoms with van der Waals surface area (Å²) in [5, 5.41) is 10.7. The Kier molecular flexibility index (Phi) is 7.30. The SMILES string of the molecule is COc1cc2c3cc1Oc1c(OC)c(OC)cc4c1C(Cc1ccc(O)c(c1)Oc1ccc(cc1)CC2=NCC3)N(C)CC4. The maximum atomic E-state index is 10.7. The molecule has 0 saturated carbocycles. The van der Waals surface area contributed by atoms with Gasteiger partial charge in [0.15, 0.2) is 34.5 Å². The average molecular weight is 593 g/mol. The molecule has 0 saturated heterocycles. The van der Waals surface area contributed by atoms with E-state index in [2.05, 4.69) is 24.1 Å². The van der Waals surface area contributed by atoms with Crippen molar-refractivity contribution in [2.45, 2.75) is 31.7 Å². The summed E-state index contributed by atoms with van der Waals surface area (Å²) in [6, 6.07) is 19.7. The third kappa shape index (κ3) is 4.99. The first kappa shape index (κ1) is 28.1. The number of ether oxygens (including phenoxy) is 5. The van der Waals surface area contributed by atoms with Gasteiger partial charge in [-0.1, -0.05) is 18.2 Å². The second-order valence-electron chi connectivity index (χ2n) is 11.5. The van der Waals surface area contributed by atoms with Gasteiger partial charge in [0.25, 0.3) is 0 Å². The van der Waals surface area contributed by atoms with E-state index in [4.69, 9.17) is 28.7 Å². The fourth-order valence-electron chi connectivity index (χ4n) is 6.59. The Hall–Kier alpha value is -4.69. The van der Waals surface area contributed by atoms with Gasteiger partial charge < -0.3 is 28.8 Å². The third-order valence-corrected chi connectivity index (χ3v) is 8.92. The van der Waals surface area contributed by atoms with Crippen LogP contribution in [0.25, 0.3) is 0 Å². The monoisotopic (exact) mass is 592 g/mol. The van der Waals surface area contributed by atoms with Crippen LogP contribution in [0.4, 0.5) is 0 Å². The third-order valence-electron chi connectivity index (χ3n) is 8.92. The number of phenols is 1. The van der Waals surface area contributed by atoms with Crippen LogP contribution in [0, 0.1) is 0 Å². The highest BCUT2D eigenvalue weighted by Crippen LogP contribution is 2.51. The molecular weight excluding hydrogens is 556 g/mol. The number of aromatic hydroxyl groups is 1. The molecule has 8 bridgehead atoms. The van der Waals surface area contributed by atoms with Crippen LogP contribution < -0.4 is 23.7 Å². The molecule has 0 fully saturated rings. The fourth-order valence-corrected chi connectivity index (χ4v) is 6.59. The molecule has 6 aliphatic rings. The van der Waals surface area contributed by atoms with E-state index >= 15 is 0 Å². The maximum Gasteiger partial charge on any atom is 0.204 e. The van der Waals surface area contributed by atoms with Crippen LogP contribution in [0.2, 0.25) is 0 Å². The largest absolute Gasteiger partial charge is 0.504 e. The first-order valence-corrected chi connectivity index (χ1v) is 14.9. The van der Waals surface area contributed by atoms with Crippen LogP contribution in [0.15, 0.2) is 65.7 Å². The van der Waals surface area contributed by atoms with E-state index < -0.39 is 0 Å². The molecule has 4 aromatic carbocycles. The average Bonchev–Trinajstić information content (AvgIpc) is 3.04. The van der Waals surface area contributed by atoms with Crippen LogP contribution >= 0.6 is 0 Å². The maximum absolute atomic E-state index is 10.7. The van der Waals surface area contributed by atoms with Crippen molar-refractivity contribution in [3.63, 3.8) is 0 Å². The topological polar surface area (TPSA) is 82.0 Å². The predicted octanol–water partition coefficient (Wildman–Crippen LogP) is 6.68. The Labute approximate surface area is 257 Å². The second kappa shape index (κ2) is 11.4. The van der Waals surface area contributed by atoms with Gasteiger partial charge in [0, 0.05) is 42.4 Å². The lowest BCUT2D eigenvalue weighted by Crippen LogP contribution is -2.34. The van der Waals surface area contributed by atoms with Crippen molar-refractivity contribution in [3.05, 3.63) is 94.0 Å². The van der Waals surface area contributed by atoms with Crippen molar-refractivity contribution in [3.8, 4) is 46.0 Å². The van der Waals surface area contributed by atoms with E-state index in [0.717, 1.165) is 52.9 Å². The molecule has 0 aromatic heterocycles. The summed E-state index contributed by atoms with van der Waals surface area (Å²) in [5.41, 5.74) is 7.56. The summed E-state index contributed by atoms with van der Waals surface area (Å²) in [5.74, 6) is 4.19. The molecule has 8 nitrogen and oxygen atoms in total. The highest BCUT2D eigenvalue weighted by Gasteiger charge is 2.34. The Morgan fingerprint density at radius 1 is 0.818 bits per heavy atom. The molecule has 0 aliphatic carbocycles. The zero-order valence-electron chi connectivity index (χ0n) is 25.5. The van der Waals surface area contributed by atoms with Gasteiger partial charge in [-0.25, -0.2) is 0 Å². The molecule has 0 amide bonds. The summed E-state index contributed by atoms with van der Waals surface area (Å²) in [6.07, 6.45) is 2.97. The normalized spacial score (nSPS) is 17.3. The van der Waals surface area contributed by atoms with Crippen molar-refractivity contribution in [1.82, 2.24) is 4.90 Å². The number of rotatable bonds is 3. The number of hydrogen-bond donors (Lipinski definition) is 1. The van der Waals surface area contributed by atoms with Gasteiger partial charge in [-0.3, -0.25) is 9.89 Å². The number of aliphatic imine (C=N–C) groups is 1. The lowest BCUT2D eigenvalue weighted by molar-refractivity contribution is 0.221. The van der Waals surface area contributed by atoms with Gasteiger partial charge in [0.1, 0.15) is 5.75 Å². The zero-order chi connectivity index (χ0) is 30.4. The number of hydrogen-bond acceptors (Lipinski definition) is 8. The van der Waals surface area contributed by atoms with Crippen LogP contribution in [0.3, 0.4) is 0 Å². The van der Waals surface area contributed by atoms with Gasteiger partial charge >= 0.3 is 0 Å². The van der Waals surface area contributed by atoms with E-state index in [0.29, 0.717) is 59.6 Å². The van der Waals surface area contributed by atoms with E-state index in [-0.39, 0.29) is 11.8 Å². The fraction of sp³-hybridized carbons (Fsp3) is 0.306. The molecule has 4 aromatic rings. The van der Waals surface area contributed by atoms with Crippen LogP contribution in [-0.4, -0.2) is 57.2 Å². The highest BCUT2D eigenvalue weighted by molar-refractivity contribution is 6.04. The molecule has 0 spiro atoms. The summed E-state index contributed by atoms with van der Waals surface area (Å²) in [7, 11) is 7.09. The van der Waals surface area contributed by atoms with E-state index in [1.807, 2.05) is 42.5 Å². The summed E-state index contributed by atoms with van der Waals surface area (Å²) < 4.78 is 30.8. The molecule has 10 rings (SSSR count). The summed E-state index contributed by atoms with van der Waals surface area (Å²) >= 11 is 0. The number of phenolic OH excluding ortho intramolecular Hbond substituents is 1.